The summed E-state index contributed by atoms with van der Waals surface area (Å²) in [5, 5.41) is 48.7. The molecular weight excluding hydrogens is 416 g/mol. The number of carbonyl (C=O) groups excluding carboxylic acids is 1. The maximum atomic E-state index is 12.0. The second kappa shape index (κ2) is 16.6. The van der Waals surface area contributed by atoms with Crippen molar-refractivity contribution in [3.63, 3.8) is 0 Å². The number of unbranched alkanes of at least 4 members (excludes halogenated alkanes) is 11. The van der Waals surface area contributed by atoms with Crippen molar-refractivity contribution < 1.29 is 39.8 Å². The van der Waals surface area contributed by atoms with E-state index in [1.165, 1.54) is 38.5 Å². The van der Waals surface area contributed by atoms with Crippen LogP contribution >= 0.6 is 0 Å². The highest BCUT2D eigenvalue weighted by Crippen LogP contribution is 2.29. The molecule has 32 heavy (non-hydrogen) atoms. The maximum absolute atomic E-state index is 12.0. The summed E-state index contributed by atoms with van der Waals surface area (Å²) in [6.45, 7) is 1.51. The average Bonchev–Trinajstić information content (AvgIpc) is 2.77. The van der Waals surface area contributed by atoms with Gasteiger partial charge in [-0.15, -0.1) is 0 Å². The van der Waals surface area contributed by atoms with Crippen molar-refractivity contribution in [2.24, 2.45) is 0 Å². The predicted molar refractivity (Wildman–Crippen MR) is 120 cm³/mol. The van der Waals surface area contributed by atoms with E-state index in [1.54, 1.807) is 0 Å². The van der Waals surface area contributed by atoms with E-state index in [0.717, 1.165) is 38.5 Å². The first-order chi connectivity index (χ1) is 15.4. The molecule has 0 aromatic carbocycles. The second-order valence-corrected chi connectivity index (χ2v) is 8.70. The first-order valence-corrected chi connectivity index (χ1v) is 12.3. The largest absolute Gasteiger partial charge is 0.406 e. The van der Waals surface area contributed by atoms with E-state index in [-0.39, 0.29) is 6.42 Å². The standard InChI is InChI=1S/C24H44O8/c1-2-3-4-5-6-7-8-9-10-11-12-13-14-15-16-17-20(26)32-24(30)23(29)22(28)21(27)19(18-25)31-24/h9-10,19,21-23,25,27-30H,2-8,11-18H2,1H3/b10-9-/t19-,21-,22+,23-,24?/m1/s1. The highest BCUT2D eigenvalue weighted by atomic mass is 16.8. The summed E-state index contributed by atoms with van der Waals surface area (Å²) >= 11 is 0. The summed E-state index contributed by atoms with van der Waals surface area (Å²) in [5.74, 6) is -3.59. The quantitative estimate of drug-likeness (QED) is 0.0967. The molecule has 5 N–H and O–H groups in total. The number of carbonyl (C=O) groups is 1. The minimum atomic E-state index is -2.80. The molecule has 1 aliphatic rings. The van der Waals surface area contributed by atoms with Crippen LogP contribution in [0.3, 0.4) is 0 Å². The van der Waals surface area contributed by atoms with Gasteiger partial charge in [-0.3, -0.25) is 4.79 Å². The van der Waals surface area contributed by atoms with Gasteiger partial charge in [0.2, 0.25) is 0 Å². The van der Waals surface area contributed by atoms with E-state index in [2.05, 4.69) is 19.1 Å². The molecule has 0 bridgehead atoms. The molecule has 0 spiro atoms. The molecule has 1 aliphatic heterocycles. The Hall–Kier alpha value is -1.03. The van der Waals surface area contributed by atoms with Crippen molar-refractivity contribution >= 4 is 5.97 Å². The smallest absolute Gasteiger partial charge is 0.357 e. The van der Waals surface area contributed by atoms with Crippen LogP contribution in [-0.4, -0.2) is 68.5 Å². The number of aliphatic hydroxyl groups is 5. The first kappa shape index (κ1) is 29.0. The summed E-state index contributed by atoms with van der Waals surface area (Å²) in [5.41, 5.74) is 0. The molecule has 0 saturated carbocycles. The lowest BCUT2D eigenvalue weighted by molar-refractivity contribution is -0.434. The molecule has 8 heteroatoms. The van der Waals surface area contributed by atoms with E-state index >= 15 is 0 Å². The highest BCUT2D eigenvalue weighted by molar-refractivity contribution is 5.69. The third-order valence-corrected chi connectivity index (χ3v) is 5.83. The Morgan fingerprint density at radius 3 is 1.97 bits per heavy atom. The van der Waals surface area contributed by atoms with Crippen molar-refractivity contribution in [1.29, 1.82) is 0 Å². The van der Waals surface area contributed by atoms with Crippen LogP contribution in [0.5, 0.6) is 0 Å². The lowest BCUT2D eigenvalue weighted by atomic mass is 9.98. The molecular formula is C24H44O8. The van der Waals surface area contributed by atoms with Gasteiger partial charge in [-0.1, -0.05) is 70.4 Å². The summed E-state index contributed by atoms with van der Waals surface area (Å²) < 4.78 is 9.73. The predicted octanol–water partition coefficient (Wildman–Crippen LogP) is 2.69. The third kappa shape index (κ3) is 10.7. The number of ether oxygens (including phenoxy) is 2. The van der Waals surface area contributed by atoms with Gasteiger partial charge in [0.15, 0.2) is 6.10 Å². The molecule has 1 unspecified atom stereocenters. The summed E-state index contributed by atoms with van der Waals surface area (Å²) in [4.78, 5) is 12.0. The van der Waals surface area contributed by atoms with Gasteiger partial charge in [-0.2, -0.15) is 0 Å². The average molecular weight is 461 g/mol. The van der Waals surface area contributed by atoms with E-state index < -0.39 is 43.0 Å². The van der Waals surface area contributed by atoms with Gasteiger partial charge < -0.3 is 35.0 Å². The molecule has 5 atom stereocenters. The van der Waals surface area contributed by atoms with E-state index in [1.807, 2.05) is 0 Å². The number of esters is 1. The Morgan fingerprint density at radius 1 is 0.875 bits per heavy atom. The molecule has 1 saturated heterocycles. The molecule has 1 fully saturated rings. The van der Waals surface area contributed by atoms with Gasteiger partial charge in [0.05, 0.1) is 6.61 Å². The lowest BCUT2D eigenvalue weighted by Crippen LogP contribution is -2.66. The van der Waals surface area contributed by atoms with Gasteiger partial charge in [0, 0.05) is 6.42 Å². The second-order valence-electron chi connectivity index (χ2n) is 8.70. The van der Waals surface area contributed by atoms with E-state index in [9.17, 15) is 25.2 Å². The maximum Gasteiger partial charge on any atom is 0.357 e. The van der Waals surface area contributed by atoms with Crippen LogP contribution in [-0.2, 0) is 14.3 Å². The summed E-state index contributed by atoms with van der Waals surface area (Å²) in [7, 11) is 0. The Labute approximate surface area is 192 Å². The van der Waals surface area contributed by atoms with Crippen LogP contribution in [0.2, 0.25) is 0 Å². The Kier molecular flexibility index (Phi) is 15.0. The van der Waals surface area contributed by atoms with Crippen molar-refractivity contribution in [2.45, 2.75) is 127 Å². The van der Waals surface area contributed by atoms with Crippen molar-refractivity contribution in [1.82, 2.24) is 0 Å². The number of hydrogen-bond acceptors (Lipinski definition) is 8. The van der Waals surface area contributed by atoms with Crippen molar-refractivity contribution in [2.75, 3.05) is 6.61 Å². The molecule has 0 amide bonds. The van der Waals surface area contributed by atoms with Crippen LogP contribution in [0, 0.1) is 0 Å². The van der Waals surface area contributed by atoms with E-state index in [0.29, 0.717) is 6.42 Å². The topological polar surface area (TPSA) is 137 Å². The molecule has 0 aromatic heterocycles. The Bertz CT molecular complexity index is 524. The fourth-order valence-corrected chi connectivity index (χ4v) is 3.76. The normalized spacial score (nSPS) is 28.3. The monoisotopic (exact) mass is 460 g/mol. The minimum absolute atomic E-state index is 0.0268. The summed E-state index contributed by atoms with van der Waals surface area (Å²) in [6, 6.07) is 0. The fourth-order valence-electron chi connectivity index (χ4n) is 3.76. The Balaban J connectivity index is 2.07. The highest BCUT2D eigenvalue weighted by Gasteiger charge is 2.55. The SMILES string of the molecule is CCCCCCCC/C=C\CCCCCCCC(=O)OC1(O)O[C@H](CO)[C@@H](O)[C@H](O)[C@H]1O. The zero-order chi connectivity index (χ0) is 23.8. The van der Waals surface area contributed by atoms with Gasteiger partial charge >= 0.3 is 11.9 Å². The molecule has 188 valence electrons. The molecule has 8 nitrogen and oxygen atoms in total. The number of rotatable bonds is 17. The number of aliphatic hydroxyl groups excluding tert-OH is 4. The lowest BCUT2D eigenvalue weighted by Gasteiger charge is -2.43. The van der Waals surface area contributed by atoms with Crippen molar-refractivity contribution in [3.8, 4) is 0 Å². The zero-order valence-electron chi connectivity index (χ0n) is 19.5. The van der Waals surface area contributed by atoms with Crippen LogP contribution in [0.1, 0.15) is 96.8 Å². The van der Waals surface area contributed by atoms with Gasteiger partial charge in [0.1, 0.15) is 18.3 Å². The molecule has 0 radical (unpaired) electrons. The van der Waals surface area contributed by atoms with E-state index in [4.69, 9.17) is 14.6 Å². The zero-order valence-corrected chi connectivity index (χ0v) is 19.5. The van der Waals surface area contributed by atoms with Crippen LogP contribution in [0.4, 0.5) is 0 Å². The first-order valence-electron chi connectivity index (χ1n) is 12.3. The van der Waals surface area contributed by atoms with Crippen molar-refractivity contribution in [3.05, 3.63) is 12.2 Å². The van der Waals surface area contributed by atoms with Crippen LogP contribution in [0.25, 0.3) is 0 Å². The van der Waals surface area contributed by atoms with Crippen LogP contribution in [0.15, 0.2) is 12.2 Å². The fraction of sp³-hybridized carbons (Fsp3) is 0.875. The number of allylic oxidation sites excluding steroid dienone is 2. The number of hydrogen-bond donors (Lipinski definition) is 5. The van der Waals surface area contributed by atoms with Crippen LogP contribution < -0.4 is 0 Å². The molecule has 1 rings (SSSR count). The summed E-state index contributed by atoms with van der Waals surface area (Å²) in [6.07, 6.45) is 12.4. The molecule has 0 aromatic rings. The van der Waals surface area contributed by atoms with Gasteiger partial charge in [-0.05, 0) is 32.1 Å². The Morgan fingerprint density at radius 2 is 1.41 bits per heavy atom. The molecule has 0 aliphatic carbocycles. The molecule has 1 heterocycles. The third-order valence-electron chi connectivity index (χ3n) is 5.83. The van der Waals surface area contributed by atoms with Gasteiger partial charge in [0.25, 0.3) is 0 Å². The minimum Gasteiger partial charge on any atom is -0.406 e. The van der Waals surface area contributed by atoms with Gasteiger partial charge in [-0.25, -0.2) is 0 Å².